The molecule has 0 atom stereocenters. The predicted molar refractivity (Wildman–Crippen MR) is 76.9 cm³/mol. The third kappa shape index (κ3) is 4.10. The molecule has 2 N–H and O–H groups in total. The van der Waals surface area contributed by atoms with E-state index in [0.717, 1.165) is 41.2 Å². The number of halogens is 1. The average Bonchev–Trinajstić information content (AvgIpc) is 3.12. The van der Waals surface area contributed by atoms with Gasteiger partial charge in [0.05, 0.1) is 0 Å². The van der Waals surface area contributed by atoms with Crippen LogP contribution < -0.4 is 10.6 Å². The van der Waals surface area contributed by atoms with E-state index >= 15 is 0 Å². The molecule has 3 nitrogen and oxygen atoms in total. The molecule has 0 spiro atoms. The number of carbonyl (C=O) groups is 1. The van der Waals surface area contributed by atoms with Crippen LogP contribution >= 0.6 is 15.9 Å². The Kier molecular flexibility index (Phi) is 4.78. The van der Waals surface area contributed by atoms with Gasteiger partial charge in [-0.2, -0.15) is 0 Å². The number of hydrogen-bond donors (Lipinski definition) is 2. The molecule has 98 valence electrons. The number of nitrogens with one attached hydrogen (secondary N) is 2. The molecule has 1 amide bonds. The number of benzene rings is 1. The minimum Gasteiger partial charge on any atom is -0.352 e. The third-order valence-electron chi connectivity index (χ3n) is 3.08. The maximum atomic E-state index is 11.9. The first-order valence-electron chi connectivity index (χ1n) is 6.44. The molecule has 1 aliphatic rings. The first-order chi connectivity index (χ1) is 8.66. The zero-order valence-corrected chi connectivity index (χ0v) is 12.2. The fourth-order valence-corrected chi connectivity index (χ4v) is 2.34. The zero-order valence-electron chi connectivity index (χ0n) is 10.6. The molecule has 0 heterocycles. The van der Waals surface area contributed by atoms with Crippen molar-refractivity contribution in [2.24, 2.45) is 0 Å². The maximum absolute atomic E-state index is 11.9. The van der Waals surface area contributed by atoms with Gasteiger partial charge in [0.2, 0.25) is 0 Å². The second-order valence-electron chi connectivity index (χ2n) is 4.80. The highest BCUT2D eigenvalue weighted by atomic mass is 79.9. The van der Waals surface area contributed by atoms with Gasteiger partial charge in [-0.1, -0.05) is 15.9 Å². The number of hydrogen-bond acceptors (Lipinski definition) is 2. The normalized spacial score (nSPS) is 14.6. The molecule has 0 aromatic heterocycles. The van der Waals surface area contributed by atoms with Crippen molar-refractivity contribution >= 4 is 21.8 Å². The van der Waals surface area contributed by atoms with Crippen LogP contribution in [-0.4, -0.2) is 25.0 Å². The SMILES string of the molecule is Cc1cc(Br)ccc1C(=O)NCCCNC1CC1. The van der Waals surface area contributed by atoms with Crippen LogP contribution in [0, 0.1) is 6.92 Å². The highest BCUT2D eigenvalue weighted by Gasteiger charge is 2.19. The lowest BCUT2D eigenvalue weighted by Crippen LogP contribution is -2.28. The van der Waals surface area contributed by atoms with Crippen molar-refractivity contribution in [2.45, 2.75) is 32.2 Å². The van der Waals surface area contributed by atoms with Gasteiger partial charge < -0.3 is 10.6 Å². The molecule has 0 bridgehead atoms. The monoisotopic (exact) mass is 310 g/mol. The number of aryl methyl sites for hydroxylation is 1. The van der Waals surface area contributed by atoms with Gasteiger partial charge >= 0.3 is 0 Å². The lowest BCUT2D eigenvalue weighted by Gasteiger charge is -2.08. The first-order valence-corrected chi connectivity index (χ1v) is 7.24. The van der Waals surface area contributed by atoms with Crippen molar-refractivity contribution in [1.82, 2.24) is 10.6 Å². The molecule has 2 rings (SSSR count). The molecule has 18 heavy (non-hydrogen) atoms. The van der Waals surface area contributed by atoms with Gasteiger partial charge in [-0.3, -0.25) is 4.79 Å². The molecule has 4 heteroatoms. The standard InChI is InChI=1S/C14H19BrN2O/c1-10-9-11(15)3-6-13(10)14(18)17-8-2-7-16-12-4-5-12/h3,6,9,12,16H,2,4-5,7-8H2,1H3,(H,17,18). The summed E-state index contributed by atoms with van der Waals surface area (Å²) >= 11 is 3.40. The van der Waals surface area contributed by atoms with Crippen molar-refractivity contribution in [3.63, 3.8) is 0 Å². The Bertz CT molecular complexity index is 430. The highest BCUT2D eigenvalue weighted by molar-refractivity contribution is 9.10. The Balaban J connectivity index is 1.72. The second-order valence-corrected chi connectivity index (χ2v) is 5.71. The molecule has 1 aromatic rings. The molecule has 0 aliphatic heterocycles. The van der Waals surface area contributed by atoms with E-state index in [1.807, 2.05) is 25.1 Å². The van der Waals surface area contributed by atoms with E-state index in [2.05, 4.69) is 26.6 Å². The third-order valence-corrected chi connectivity index (χ3v) is 3.58. The van der Waals surface area contributed by atoms with Gasteiger partial charge in [0.25, 0.3) is 5.91 Å². The van der Waals surface area contributed by atoms with Crippen LogP contribution in [0.5, 0.6) is 0 Å². The molecule has 1 saturated carbocycles. The molecule has 0 unspecified atom stereocenters. The number of carbonyl (C=O) groups excluding carboxylic acids is 1. The van der Waals surface area contributed by atoms with Gasteiger partial charge in [0.15, 0.2) is 0 Å². The van der Waals surface area contributed by atoms with Gasteiger partial charge in [-0.05, 0) is 56.5 Å². The highest BCUT2D eigenvalue weighted by Crippen LogP contribution is 2.18. The van der Waals surface area contributed by atoms with E-state index in [0.29, 0.717) is 0 Å². The second kappa shape index (κ2) is 6.34. The van der Waals surface area contributed by atoms with Gasteiger partial charge in [0.1, 0.15) is 0 Å². The summed E-state index contributed by atoms with van der Waals surface area (Å²) in [6.07, 6.45) is 3.60. The van der Waals surface area contributed by atoms with Gasteiger partial charge in [-0.25, -0.2) is 0 Å². The van der Waals surface area contributed by atoms with Gasteiger partial charge in [0, 0.05) is 22.6 Å². The molecule has 1 fully saturated rings. The van der Waals surface area contributed by atoms with E-state index in [1.165, 1.54) is 12.8 Å². The number of rotatable bonds is 6. The van der Waals surface area contributed by atoms with Crippen LogP contribution in [0.4, 0.5) is 0 Å². The van der Waals surface area contributed by atoms with E-state index in [1.54, 1.807) is 0 Å². The van der Waals surface area contributed by atoms with Crippen molar-refractivity contribution in [3.05, 3.63) is 33.8 Å². The number of amides is 1. The zero-order chi connectivity index (χ0) is 13.0. The lowest BCUT2D eigenvalue weighted by atomic mass is 10.1. The molecule has 0 saturated heterocycles. The molecule has 1 aromatic carbocycles. The molecular formula is C14H19BrN2O. The summed E-state index contributed by atoms with van der Waals surface area (Å²) < 4.78 is 1.00. The summed E-state index contributed by atoms with van der Waals surface area (Å²) in [5.41, 5.74) is 1.76. The van der Waals surface area contributed by atoms with Crippen LogP contribution in [0.2, 0.25) is 0 Å². The van der Waals surface area contributed by atoms with E-state index < -0.39 is 0 Å². The van der Waals surface area contributed by atoms with Crippen molar-refractivity contribution in [2.75, 3.05) is 13.1 Å². The minimum absolute atomic E-state index is 0.0198. The topological polar surface area (TPSA) is 41.1 Å². The van der Waals surface area contributed by atoms with E-state index in [9.17, 15) is 4.79 Å². The Morgan fingerprint density at radius 1 is 1.39 bits per heavy atom. The van der Waals surface area contributed by atoms with Crippen LogP contribution in [0.15, 0.2) is 22.7 Å². The van der Waals surface area contributed by atoms with E-state index in [4.69, 9.17) is 0 Å². The Hall–Kier alpha value is -0.870. The first kappa shape index (κ1) is 13.6. The van der Waals surface area contributed by atoms with Crippen LogP contribution in [0.1, 0.15) is 35.2 Å². The van der Waals surface area contributed by atoms with Crippen LogP contribution in [0.25, 0.3) is 0 Å². The largest absolute Gasteiger partial charge is 0.352 e. The van der Waals surface area contributed by atoms with Crippen LogP contribution in [0.3, 0.4) is 0 Å². The summed E-state index contributed by atoms with van der Waals surface area (Å²) in [5, 5.41) is 6.39. The molecular weight excluding hydrogens is 292 g/mol. The Morgan fingerprint density at radius 3 is 2.83 bits per heavy atom. The lowest BCUT2D eigenvalue weighted by molar-refractivity contribution is 0.0952. The van der Waals surface area contributed by atoms with Crippen molar-refractivity contribution < 1.29 is 4.79 Å². The summed E-state index contributed by atoms with van der Waals surface area (Å²) in [7, 11) is 0. The van der Waals surface area contributed by atoms with Gasteiger partial charge in [-0.15, -0.1) is 0 Å². The van der Waals surface area contributed by atoms with Crippen molar-refractivity contribution in [1.29, 1.82) is 0 Å². The van der Waals surface area contributed by atoms with E-state index in [-0.39, 0.29) is 5.91 Å². The fourth-order valence-electron chi connectivity index (χ4n) is 1.86. The summed E-state index contributed by atoms with van der Waals surface area (Å²) in [5.74, 6) is 0.0198. The quantitative estimate of drug-likeness (QED) is 0.793. The van der Waals surface area contributed by atoms with Crippen LogP contribution in [-0.2, 0) is 0 Å². The Labute approximate surface area is 116 Å². The van der Waals surface area contributed by atoms with Crippen molar-refractivity contribution in [3.8, 4) is 0 Å². The minimum atomic E-state index is 0.0198. The average molecular weight is 311 g/mol. The molecule has 1 aliphatic carbocycles. The smallest absolute Gasteiger partial charge is 0.251 e. The predicted octanol–water partition coefficient (Wildman–Crippen LogP) is 2.63. The summed E-state index contributed by atoms with van der Waals surface area (Å²) in [6.45, 7) is 3.67. The summed E-state index contributed by atoms with van der Waals surface area (Å²) in [6, 6.07) is 6.46. The fraction of sp³-hybridized carbons (Fsp3) is 0.500. The Morgan fingerprint density at radius 2 is 2.17 bits per heavy atom. The maximum Gasteiger partial charge on any atom is 0.251 e. The summed E-state index contributed by atoms with van der Waals surface area (Å²) in [4.78, 5) is 11.9. The molecule has 0 radical (unpaired) electrons.